The third-order valence-corrected chi connectivity index (χ3v) is 3.31. The first kappa shape index (κ1) is 15.7. The van der Waals surface area contributed by atoms with Crippen molar-refractivity contribution in [1.29, 1.82) is 0 Å². The van der Waals surface area contributed by atoms with E-state index in [9.17, 15) is 4.79 Å². The fraction of sp³-hybridized carbons (Fsp3) is 0.176. The van der Waals surface area contributed by atoms with Crippen molar-refractivity contribution >= 4 is 11.7 Å². The van der Waals surface area contributed by atoms with Gasteiger partial charge in [-0.3, -0.25) is 4.79 Å². The van der Waals surface area contributed by atoms with E-state index >= 15 is 0 Å². The van der Waals surface area contributed by atoms with Crippen molar-refractivity contribution in [3.8, 4) is 11.7 Å². The molecule has 0 saturated carbocycles. The summed E-state index contributed by atoms with van der Waals surface area (Å²) in [4.78, 5) is 20.3. The number of rotatable bonds is 5. The second kappa shape index (κ2) is 6.91. The minimum Gasteiger partial charge on any atom is -0.449 e. The van der Waals surface area contributed by atoms with E-state index in [1.165, 1.54) is 6.33 Å². The van der Waals surface area contributed by atoms with Crippen molar-refractivity contribution in [1.82, 2.24) is 19.7 Å². The van der Waals surface area contributed by atoms with E-state index in [2.05, 4.69) is 20.4 Å². The molecule has 24 heavy (non-hydrogen) atoms. The summed E-state index contributed by atoms with van der Waals surface area (Å²) in [6.45, 7) is 3.56. The van der Waals surface area contributed by atoms with E-state index in [4.69, 9.17) is 4.74 Å². The van der Waals surface area contributed by atoms with E-state index in [-0.39, 0.29) is 11.9 Å². The van der Waals surface area contributed by atoms with Gasteiger partial charge in [0.1, 0.15) is 12.1 Å². The van der Waals surface area contributed by atoms with Gasteiger partial charge in [0.25, 0.3) is 5.91 Å². The maximum absolute atomic E-state index is 12.2. The van der Waals surface area contributed by atoms with E-state index in [0.29, 0.717) is 5.82 Å². The lowest BCUT2D eigenvalue weighted by atomic mass is 10.3. The first-order valence-electron chi connectivity index (χ1n) is 7.49. The number of hydrogen-bond acceptors (Lipinski definition) is 5. The standard InChI is InChI=1S/C17H17N5O2/c1-12-8-9-18-15(10-12)20-16(23)13(2)24-17-19-11-22(21-17)14-6-4-3-5-7-14/h3-11,13H,1-2H3,(H,18,20,23). The Morgan fingerprint density at radius 1 is 1.21 bits per heavy atom. The minimum absolute atomic E-state index is 0.138. The van der Waals surface area contributed by atoms with Gasteiger partial charge in [-0.2, -0.15) is 4.98 Å². The quantitative estimate of drug-likeness (QED) is 0.779. The predicted molar refractivity (Wildman–Crippen MR) is 89.1 cm³/mol. The molecular formula is C17H17N5O2. The molecule has 1 unspecified atom stereocenters. The molecule has 1 atom stereocenters. The lowest BCUT2D eigenvalue weighted by Gasteiger charge is -2.11. The molecular weight excluding hydrogens is 306 g/mol. The Kier molecular flexibility index (Phi) is 4.51. The average Bonchev–Trinajstić information content (AvgIpc) is 3.04. The molecule has 0 radical (unpaired) electrons. The first-order valence-corrected chi connectivity index (χ1v) is 7.49. The Bertz CT molecular complexity index is 832. The lowest BCUT2D eigenvalue weighted by molar-refractivity contribution is -0.122. The maximum atomic E-state index is 12.2. The van der Waals surface area contributed by atoms with Crippen LogP contribution >= 0.6 is 0 Å². The predicted octanol–water partition coefficient (Wildman–Crippen LogP) is 2.38. The molecule has 0 aliphatic heterocycles. The number of carbonyl (C=O) groups is 1. The van der Waals surface area contributed by atoms with Crippen molar-refractivity contribution in [2.24, 2.45) is 0 Å². The van der Waals surface area contributed by atoms with Crippen LogP contribution in [0.2, 0.25) is 0 Å². The summed E-state index contributed by atoms with van der Waals surface area (Å²) in [6, 6.07) is 13.3. The fourth-order valence-electron chi connectivity index (χ4n) is 2.05. The van der Waals surface area contributed by atoms with Gasteiger partial charge in [0, 0.05) is 6.20 Å². The van der Waals surface area contributed by atoms with Crippen LogP contribution in [-0.2, 0) is 4.79 Å². The van der Waals surface area contributed by atoms with Crippen LogP contribution in [0.3, 0.4) is 0 Å². The second-order valence-corrected chi connectivity index (χ2v) is 5.28. The van der Waals surface area contributed by atoms with Crippen molar-refractivity contribution < 1.29 is 9.53 Å². The number of para-hydroxylation sites is 1. The highest BCUT2D eigenvalue weighted by molar-refractivity contribution is 5.93. The molecule has 0 fully saturated rings. The molecule has 0 aliphatic rings. The summed E-state index contributed by atoms with van der Waals surface area (Å²) in [6.07, 6.45) is 2.43. The number of pyridine rings is 1. The molecule has 0 saturated heterocycles. The van der Waals surface area contributed by atoms with Gasteiger partial charge in [-0.15, -0.1) is 5.10 Å². The summed E-state index contributed by atoms with van der Waals surface area (Å²) < 4.78 is 7.08. The van der Waals surface area contributed by atoms with Crippen molar-refractivity contribution in [3.63, 3.8) is 0 Å². The third-order valence-electron chi connectivity index (χ3n) is 3.31. The zero-order valence-electron chi connectivity index (χ0n) is 13.4. The zero-order valence-corrected chi connectivity index (χ0v) is 13.4. The Hall–Kier alpha value is -3.22. The van der Waals surface area contributed by atoms with E-state index in [1.807, 2.05) is 43.3 Å². The summed E-state index contributed by atoms with van der Waals surface area (Å²) in [5.74, 6) is 0.169. The number of nitrogens with one attached hydrogen (secondary N) is 1. The van der Waals surface area contributed by atoms with Crippen LogP contribution in [-0.4, -0.2) is 31.8 Å². The summed E-state index contributed by atoms with van der Waals surface area (Å²) in [7, 11) is 0. The molecule has 2 heterocycles. The molecule has 3 aromatic rings. The molecule has 1 aromatic carbocycles. The average molecular weight is 323 g/mol. The molecule has 122 valence electrons. The Labute approximate surface area is 139 Å². The van der Waals surface area contributed by atoms with Crippen LogP contribution < -0.4 is 10.1 Å². The normalized spacial score (nSPS) is 11.8. The van der Waals surface area contributed by atoms with Crippen LogP contribution in [0, 0.1) is 6.92 Å². The Balaban J connectivity index is 1.63. The first-order chi connectivity index (χ1) is 11.6. The number of aromatic nitrogens is 4. The number of ether oxygens (including phenoxy) is 1. The molecule has 1 N–H and O–H groups in total. The lowest BCUT2D eigenvalue weighted by Crippen LogP contribution is -2.30. The monoisotopic (exact) mass is 323 g/mol. The van der Waals surface area contributed by atoms with Gasteiger partial charge in [0.2, 0.25) is 0 Å². The summed E-state index contributed by atoms with van der Waals surface area (Å²) in [5.41, 5.74) is 1.87. The minimum atomic E-state index is -0.751. The number of hydrogen-bond donors (Lipinski definition) is 1. The number of benzene rings is 1. The van der Waals surface area contributed by atoms with Gasteiger partial charge in [-0.25, -0.2) is 9.67 Å². The van der Waals surface area contributed by atoms with Crippen LogP contribution in [0.15, 0.2) is 55.0 Å². The molecule has 2 aromatic heterocycles. The van der Waals surface area contributed by atoms with Crippen molar-refractivity contribution in [3.05, 3.63) is 60.6 Å². The smallest absolute Gasteiger partial charge is 0.336 e. The van der Waals surface area contributed by atoms with E-state index in [1.54, 1.807) is 23.9 Å². The highest BCUT2D eigenvalue weighted by Crippen LogP contribution is 2.11. The Morgan fingerprint density at radius 3 is 2.75 bits per heavy atom. The van der Waals surface area contributed by atoms with Crippen LogP contribution in [0.1, 0.15) is 12.5 Å². The Morgan fingerprint density at radius 2 is 2.00 bits per heavy atom. The van der Waals surface area contributed by atoms with Gasteiger partial charge >= 0.3 is 6.01 Å². The molecule has 0 aliphatic carbocycles. The largest absolute Gasteiger partial charge is 0.449 e. The zero-order chi connectivity index (χ0) is 16.9. The SMILES string of the molecule is Cc1ccnc(NC(=O)C(C)Oc2ncn(-c3ccccc3)n2)c1. The molecule has 7 nitrogen and oxygen atoms in total. The number of carbonyl (C=O) groups excluding carboxylic acids is 1. The van der Waals surface area contributed by atoms with E-state index in [0.717, 1.165) is 11.3 Å². The van der Waals surface area contributed by atoms with Gasteiger partial charge in [0.15, 0.2) is 6.10 Å². The molecule has 1 amide bonds. The van der Waals surface area contributed by atoms with Crippen molar-refractivity contribution in [2.75, 3.05) is 5.32 Å². The van der Waals surface area contributed by atoms with Gasteiger partial charge in [0.05, 0.1) is 5.69 Å². The fourth-order valence-corrected chi connectivity index (χ4v) is 2.05. The summed E-state index contributed by atoms with van der Waals surface area (Å²) >= 11 is 0. The third kappa shape index (κ3) is 3.75. The molecule has 0 bridgehead atoms. The molecule has 7 heteroatoms. The van der Waals surface area contributed by atoms with E-state index < -0.39 is 6.10 Å². The molecule has 0 spiro atoms. The van der Waals surface area contributed by atoms with Crippen molar-refractivity contribution in [2.45, 2.75) is 20.0 Å². The highest BCUT2D eigenvalue weighted by Gasteiger charge is 2.17. The number of nitrogens with zero attached hydrogens (tertiary/aromatic N) is 4. The second-order valence-electron chi connectivity index (χ2n) is 5.28. The van der Waals surface area contributed by atoms with Crippen LogP contribution in [0.25, 0.3) is 5.69 Å². The van der Waals surface area contributed by atoms with Gasteiger partial charge in [-0.1, -0.05) is 18.2 Å². The van der Waals surface area contributed by atoms with Crippen LogP contribution in [0.4, 0.5) is 5.82 Å². The number of anilines is 1. The molecule has 3 rings (SSSR count). The highest BCUT2D eigenvalue weighted by atomic mass is 16.5. The number of aryl methyl sites for hydroxylation is 1. The van der Waals surface area contributed by atoms with Gasteiger partial charge in [-0.05, 0) is 43.7 Å². The van der Waals surface area contributed by atoms with Gasteiger partial charge < -0.3 is 10.1 Å². The van der Waals surface area contributed by atoms with Crippen LogP contribution in [0.5, 0.6) is 6.01 Å². The summed E-state index contributed by atoms with van der Waals surface area (Å²) in [5, 5.41) is 6.92. The topological polar surface area (TPSA) is 81.9 Å². The number of amides is 1. The maximum Gasteiger partial charge on any atom is 0.336 e.